The molecule has 3 aromatic rings. The van der Waals surface area contributed by atoms with Gasteiger partial charge in [0.2, 0.25) is 0 Å². The number of hydrogen-bond donors (Lipinski definition) is 1. The minimum absolute atomic E-state index is 0.0647. The molecule has 1 amide bonds. The summed E-state index contributed by atoms with van der Waals surface area (Å²) in [5.74, 6) is -2.21. The van der Waals surface area contributed by atoms with Crippen molar-refractivity contribution >= 4 is 58.6 Å². The Labute approximate surface area is 208 Å². The number of fused-ring (bicyclic) bond motifs is 1. The van der Waals surface area contributed by atoms with E-state index in [0.717, 1.165) is 22.5 Å². The molecular weight excluding hydrogens is 492 g/mol. The van der Waals surface area contributed by atoms with E-state index < -0.39 is 23.4 Å². The number of nitrogens with zero attached hydrogens (tertiary/aromatic N) is 2. The van der Waals surface area contributed by atoms with Crippen LogP contribution in [0.15, 0.2) is 47.3 Å². The lowest BCUT2D eigenvalue weighted by molar-refractivity contribution is -0.144. The normalized spacial score (nSPS) is 14.2. The molecule has 10 heteroatoms. The molecule has 4 rings (SSSR count). The maximum Gasteiger partial charge on any atom is 0.326 e. The van der Waals surface area contributed by atoms with Crippen LogP contribution in [-0.2, 0) is 32.3 Å². The van der Waals surface area contributed by atoms with E-state index in [1.54, 1.807) is 18.2 Å². The van der Waals surface area contributed by atoms with Gasteiger partial charge in [0.05, 0.1) is 22.3 Å². The summed E-state index contributed by atoms with van der Waals surface area (Å²) in [6, 6.07) is 12.3. The van der Waals surface area contributed by atoms with Crippen molar-refractivity contribution in [2.24, 2.45) is 0 Å². The number of aryl methyl sites for hydroxylation is 1. The minimum Gasteiger partial charge on any atom is -0.481 e. The maximum atomic E-state index is 13.4. The Kier molecular flexibility index (Phi) is 6.90. The number of ether oxygens (including phenoxy) is 1. The van der Waals surface area contributed by atoms with Gasteiger partial charge in [0.25, 0.3) is 11.5 Å². The van der Waals surface area contributed by atoms with Gasteiger partial charge in [-0.2, -0.15) is 0 Å². The van der Waals surface area contributed by atoms with Crippen LogP contribution in [0.3, 0.4) is 0 Å². The minimum atomic E-state index is -1.05. The van der Waals surface area contributed by atoms with Crippen LogP contribution in [0.4, 0.5) is 5.69 Å². The molecule has 0 fully saturated rings. The third-order valence-corrected chi connectivity index (χ3v) is 6.80. The third-order valence-electron chi connectivity index (χ3n) is 5.52. The monoisotopic (exact) mass is 512 g/mol. The van der Waals surface area contributed by atoms with E-state index in [-0.39, 0.29) is 36.2 Å². The quantitative estimate of drug-likeness (QED) is 0.486. The number of aromatic nitrogens is 1. The molecule has 0 aliphatic carbocycles. The molecule has 1 aromatic heterocycles. The lowest BCUT2D eigenvalue weighted by atomic mass is 10.1. The second-order valence-corrected chi connectivity index (χ2v) is 9.52. The zero-order valence-corrected chi connectivity index (χ0v) is 20.3. The number of hydrogen-bond acceptors (Lipinski definition) is 6. The third kappa shape index (κ3) is 5.06. The molecule has 35 heavy (non-hydrogen) atoms. The van der Waals surface area contributed by atoms with Gasteiger partial charge >= 0.3 is 11.9 Å². The first kappa shape index (κ1) is 24.4. The number of carbonyl (C=O) groups excluding carboxylic acids is 2. The number of halogens is 1. The zero-order valence-electron chi connectivity index (χ0n) is 18.7. The van der Waals surface area contributed by atoms with Crippen LogP contribution in [0, 0.1) is 6.92 Å². The van der Waals surface area contributed by atoms with Gasteiger partial charge < -0.3 is 9.84 Å². The highest BCUT2D eigenvalue weighted by atomic mass is 35.5. The molecule has 2 heterocycles. The highest BCUT2D eigenvalue weighted by Gasteiger charge is 2.36. The summed E-state index contributed by atoms with van der Waals surface area (Å²) in [4.78, 5) is 51.3. The number of thiazole rings is 1. The largest absolute Gasteiger partial charge is 0.481 e. The lowest BCUT2D eigenvalue weighted by Gasteiger charge is -2.16. The summed E-state index contributed by atoms with van der Waals surface area (Å²) in [6.45, 7) is 5.43. The van der Waals surface area contributed by atoms with Crippen molar-refractivity contribution in [1.29, 1.82) is 0 Å². The second kappa shape index (κ2) is 9.89. The summed E-state index contributed by atoms with van der Waals surface area (Å²) < 4.78 is 7.04. The van der Waals surface area contributed by atoms with Gasteiger partial charge in [0.15, 0.2) is 0 Å². The second-order valence-electron chi connectivity index (χ2n) is 8.00. The van der Waals surface area contributed by atoms with Crippen LogP contribution in [0.25, 0.3) is 12.2 Å². The van der Waals surface area contributed by atoms with Gasteiger partial charge in [-0.05, 0) is 30.7 Å². The van der Waals surface area contributed by atoms with Crippen LogP contribution in [-0.4, -0.2) is 34.1 Å². The van der Waals surface area contributed by atoms with E-state index in [9.17, 15) is 19.2 Å². The first-order chi connectivity index (χ1) is 16.7. The van der Waals surface area contributed by atoms with E-state index in [2.05, 4.69) is 6.58 Å². The number of amides is 1. The standard InChI is InChI=1S/C25H21ClN2O6S/c1-14-3-5-16(6-4-14)13-34-21(31)12-28-19-8-7-17(26)11-18(19)22(24(28)32)23-25(33)27(15(2)35-23)10-9-20(29)30/h3-8,11H,2,9-10,12-13H2,1H3,(H,29,30)/b23-22-. The van der Waals surface area contributed by atoms with Gasteiger partial charge in [0.1, 0.15) is 17.7 Å². The van der Waals surface area contributed by atoms with Gasteiger partial charge in [-0.3, -0.25) is 28.6 Å². The molecule has 0 saturated heterocycles. The average molecular weight is 513 g/mol. The first-order valence-electron chi connectivity index (χ1n) is 10.6. The maximum absolute atomic E-state index is 13.4. The summed E-state index contributed by atoms with van der Waals surface area (Å²) >= 11 is 7.17. The van der Waals surface area contributed by atoms with Crippen molar-refractivity contribution < 1.29 is 24.2 Å². The van der Waals surface area contributed by atoms with Crippen molar-refractivity contribution in [2.45, 2.75) is 26.5 Å². The van der Waals surface area contributed by atoms with Crippen LogP contribution in [0.2, 0.25) is 5.02 Å². The highest BCUT2D eigenvalue weighted by molar-refractivity contribution is 7.07. The number of anilines is 1. The van der Waals surface area contributed by atoms with Gasteiger partial charge in [-0.15, -0.1) is 11.3 Å². The number of carbonyl (C=O) groups is 3. The Morgan fingerprint density at radius 2 is 1.86 bits per heavy atom. The first-order valence-corrected chi connectivity index (χ1v) is 11.8. The predicted molar refractivity (Wildman–Crippen MR) is 133 cm³/mol. The molecule has 1 aliphatic rings. The number of aliphatic carboxylic acids is 1. The van der Waals surface area contributed by atoms with Crippen molar-refractivity contribution in [3.8, 4) is 0 Å². The summed E-state index contributed by atoms with van der Waals surface area (Å²) in [5.41, 5.74) is 2.33. The van der Waals surface area contributed by atoms with Gasteiger partial charge in [-0.1, -0.05) is 48.0 Å². The molecule has 0 bridgehead atoms. The van der Waals surface area contributed by atoms with Crippen LogP contribution in [0.1, 0.15) is 23.1 Å². The Bertz CT molecular complexity index is 1510. The van der Waals surface area contributed by atoms with E-state index in [1.807, 2.05) is 31.2 Å². The molecule has 1 N–H and O–H groups in total. The zero-order chi connectivity index (χ0) is 25.3. The van der Waals surface area contributed by atoms with Gasteiger partial charge in [-0.25, -0.2) is 0 Å². The number of carboxylic acid groups (broad SMARTS) is 1. The highest BCUT2D eigenvalue weighted by Crippen LogP contribution is 2.36. The topological polar surface area (TPSA) is 106 Å². The SMILES string of the molecule is C=c1s/c(=C2\C(=O)N(CC(=O)OCc3ccc(C)cc3)c3ccc(Cl)cc32)c(=O)n1CCC(=O)O. The summed E-state index contributed by atoms with van der Waals surface area (Å²) in [5, 5.41) is 9.32. The lowest BCUT2D eigenvalue weighted by Crippen LogP contribution is -2.37. The van der Waals surface area contributed by atoms with E-state index in [0.29, 0.717) is 20.9 Å². The van der Waals surface area contributed by atoms with Crippen LogP contribution in [0.5, 0.6) is 0 Å². The molecule has 1 aliphatic heterocycles. The Morgan fingerprint density at radius 3 is 2.54 bits per heavy atom. The fourth-order valence-corrected chi connectivity index (χ4v) is 4.94. The number of benzene rings is 2. The Balaban J connectivity index is 1.67. The molecule has 0 spiro atoms. The van der Waals surface area contributed by atoms with E-state index >= 15 is 0 Å². The molecule has 0 radical (unpaired) electrons. The van der Waals surface area contributed by atoms with Crippen molar-refractivity contribution in [3.05, 3.63) is 83.7 Å². The van der Waals surface area contributed by atoms with E-state index in [1.165, 1.54) is 9.47 Å². The fourth-order valence-electron chi connectivity index (χ4n) is 3.75. The molecule has 0 unspecified atom stereocenters. The molecular formula is C25H21ClN2O6S. The molecule has 180 valence electrons. The number of esters is 1. The number of rotatable bonds is 7. The number of carboxylic acids is 1. The molecule has 2 aromatic carbocycles. The van der Waals surface area contributed by atoms with E-state index in [4.69, 9.17) is 21.4 Å². The van der Waals surface area contributed by atoms with Crippen molar-refractivity contribution in [3.63, 3.8) is 0 Å². The van der Waals surface area contributed by atoms with Gasteiger partial charge in [0, 0.05) is 17.1 Å². The van der Waals surface area contributed by atoms with Crippen LogP contribution < -0.4 is 19.7 Å². The molecule has 0 saturated carbocycles. The molecule has 0 atom stereocenters. The average Bonchev–Trinajstić information content (AvgIpc) is 3.23. The predicted octanol–water partition coefficient (Wildman–Crippen LogP) is 2.05. The summed E-state index contributed by atoms with van der Waals surface area (Å²) in [6.07, 6.45) is -0.261. The van der Waals surface area contributed by atoms with Crippen LogP contribution >= 0.6 is 22.9 Å². The van der Waals surface area contributed by atoms with Crippen molar-refractivity contribution in [2.75, 3.05) is 11.4 Å². The Hall–Kier alpha value is -3.69. The Morgan fingerprint density at radius 1 is 1.14 bits per heavy atom. The summed E-state index contributed by atoms with van der Waals surface area (Å²) in [7, 11) is 0. The smallest absolute Gasteiger partial charge is 0.326 e. The fraction of sp³-hybridized carbons (Fsp3) is 0.200. The molecule has 8 nitrogen and oxygen atoms in total. The van der Waals surface area contributed by atoms with Crippen molar-refractivity contribution in [1.82, 2.24) is 4.57 Å².